The third-order valence-corrected chi connectivity index (χ3v) is 2.52. The number of aromatic nitrogens is 1. The number of fused-ring (bicyclic) bond motifs is 1. The molecule has 0 saturated heterocycles. The number of halogens is 5. The molecule has 1 amide bonds. The zero-order valence-corrected chi connectivity index (χ0v) is 9.71. The van der Waals surface area contributed by atoms with Crippen molar-refractivity contribution in [1.82, 2.24) is 4.98 Å². The highest BCUT2D eigenvalue weighted by molar-refractivity contribution is 6.03. The summed E-state index contributed by atoms with van der Waals surface area (Å²) in [7, 11) is 0. The fraction of sp³-hybridized carbons (Fsp3) is 0.167. The molecule has 2 rings (SSSR count). The highest BCUT2D eigenvalue weighted by atomic mass is 19.4. The van der Waals surface area contributed by atoms with E-state index >= 15 is 0 Å². The van der Waals surface area contributed by atoms with Gasteiger partial charge in [0.2, 0.25) is 0 Å². The maximum absolute atomic E-state index is 12.9. The van der Waals surface area contributed by atoms with Gasteiger partial charge in [0, 0.05) is 11.6 Å². The van der Waals surface area contributed by atoms with Crippen molar-refractivity contribution in [3.63, 3.8) is 0 Å². The molecule has 3 nitrogen and oxygen atoms in total. The van der Waals surface area contributed by atoms with Crippen LogP contribution in [-0.2, 0) is 4.79 Å². The molecule has 2 aromatic rings. The summed E-state index contributed by atoms with van der Waals surface area (Å²) < 4.78 is 61.9. The molecule has 0 aliphatic heterocycles. The largest absolute Gasteiger partial charge is 0.463 e. The van der Waals surface area contributed by atoms with Crippen LogP contribution in [0.2, 0.25) is 0 Å². The number of carbonyl (C=O) groups excluding carboxylic acids is 1. The van der Waals surface area contributed by atoms with E-state index in [0.717, 1.165) is 0 Å². The van der Waals surface area contributed by atoms with Crippen LogP contribution in [0.5, 0.6) is 0 Å². The van der Waals surface area contributed by atoms with Gasteiger partial charge < -0.3 is 5.32 Å². The molecular formula is C12H7F5N2O. The van der Waals surface area contributed by atoms with Gasteiger partial charge in [-0.1, -0.05) is 18.2 Å². The molecule has 8 heteroatoms. The first-order valence-corrected chi connectivity index (χ1v) is 5.33. The van der Waals surface area contributed by atoms with E-state index in [1.165, 1.54) is 18.3 Å². The Hall–Kier alpha value is -2.25. The third-order valence-electron chi connectivity index (χ3n) is 2.52. The Bertz CT molecular complexity index is 648. The van der Waals surface area contributed by atoms with E-state index in [-0.39, 0.29) is 11.2 Å². The zero-order chi connectivity index (χ0) is 15.0. The Balaban J connectivity index is 2.36. The van der Waals surface area contributed by atoms with Gasteiger partial charge in [-0.15, -0.1) is 0 Å². The molecule has 0 radical (unpaired) electrons. The van der Waals surface area contributed by atoms with Gasteiger partial charge in [-0.05, 0) is 12.1 Å². The second-order valence-electron chi connectivity index (χ2n) is 3.91. The number of benzene rings is 1. The summed E-state index contributed by atoms with van der Waals surface area (Å²) in [5, 5.41) is 2.06. The quantitative estimate of drug-likeness (QED) is 0.862. The lowest BCUT2D eigenvalue weighted by atomic mass is 10.2. The molecule has 0 spiro atoms. The van der Waals surface area contributed by atoms with E-state index in [9.17, 15) is 26.7 Å². The molecule has 0 bridgehead atoms. The SMILES string of the molecule is O=C(Nc1cccc2cccnc12)C(F)(F)C(F)(F)F. The Kier molecular flexibility index (Phi) is 3.33. The second-order valence-corrected chi connectivity index (χ2v) is 3.91. The van der Waals surface area contributed by atoms with Crippen LogP contribution >= 0.6 is 0 Å². The fourth-order valence-corrected chi connectivity index (χ4v) is 1.53. The third kappa shape index (κ3) is 2.40. The number of amides is 1. The highest BCUT2D eigenvalue weighted by Gasteiger charge is 2.63. The molecule has 0 saturated carbocycles. The topological polar surface area (TPSA) is 42.0 Å². The number of nitrogens with one attached hydrogen (secondary N) is 1. The minimum atomic E-state index is -5.95. The molecule has 20 heavy (non-hydrogen) atoms. The van der Waals surface area contributed by atoms with Crippen molar-refractivity contribution in [1.29, 1.82) is 0 Å². The molecule has 0 unspecified atom stereocenters. The van der Waals surface area contributed by atoms with Gasteiger partial charge in [0.15, 0.2) is 0 Å². The average molecular weight is 290 g/mol. The van der Waals surface area contributed by atoms with Crippen molar-refractivity contribution < 1.29 is 26.7 Å². The molecular weight excluding hydrogens is 283 g/mol. The van der Waals surface area contributed by atoms with Crippen molar-refractivity contribution in [2.24, 2.45) is 0 Å². The first-order chi connectivity index (χ1) is 9.23. The number of nitrogens with zero attached hydrogens (tertiary/aromatic N) is 1. The van der Waals surface area contributed by atoms with Crippen LogP contribution in [0.4, 0.5) is 27.6 Å². The highest BCUT2D eigenvalue weighted by Crippen LogP contribution is 2.36. The van der Waals surface area contributed by atoms with Crippen LogP contribution in [0, 0.1) is 0 Å². The Labute approximate surface area is 109 Å². The van der Waals surface area contributed by atoms with Gasteiger partial charge in [0.25, 0.3) is 0 Å². The van der Waals surface area contributed by atoms with Crippen LogP contribution in [0.15, 0.2) is 36.5 Å². The summed E-state index contributed by atoms with van der Waals surface area (Å²) in [4.78, 5) is 15.0. The second kappa shape index (κ2) is 4.69. The Morgan fingerprint density at radius 1 is 1.05 bits per heavy atom. The van der Waals surface area contributed by atoms with Crippen LogP contribution in [0.1, 0.15) is 0 Å². The van der Waals surface area contributed by atoms with E-state index in [1.807, 2.05) is 0 Å². The lowest BCUT2D eigenvalue weighted by Crippen LogP contribution is -2.47. The summed E-state index contributed by atoms with van der Waals surface area (Å²) in [5.41, 5.74) is -0.0849. The summed E-state index contributed by atoms with van der Waals surface area (Å²) in [6, 6.07) is 7.34. The summed E-state index contributed by atoms with van der Waals surface area (Å²) in [5.74, 6) is -7.91. The van der Waals surface area contributed by atoms with Gasteiger partial charge in [0.1, 0.15) is 0 Å². The van der Waals surface area contributed by atoms with Crippen LogP contribution in [0.25, 0.3) is 10.9 Å². The number of pyridine rings is 1. The van der Waals surface area contributed by atoms with Crippen LogP contribution < -0.4 is 5.32 Å². The maximum atomic E-state index is 12.9. The molecule has 1 N–H and O–H groups in total. The standard InChI is InChI=1S/C12H7F5N2O/c13-11(14,12(15,16)17)10(20)19-8-5-1-3-7-4-2-6-18-9(7)8/h1-6H,(H,19,20). The minimum absolute atomic E-state index is 0.126. The first-order valence-electron chi connectivity index (χ1n) is 5.33. The van der Waals surface area contributed by atoms with E-state index in [4.69, 9.17) is 0 Å². The predicted octanol–water partition coefficient (Wildman–Crippen LogP) is 3.37. The minimum Gasteiger partial charge on any atom is -0.319 e. The Morgan fingerprint density at radius 3 is 2.35 bits per heavy atom. The fourth-order valence-electron chi connectivity index (χ4n) is 1.53. The first kappa shape index (κ1) is 14.2. The zero-order valence-electron chi connectivity index (χ0n) is 9.71. The molecule has 0 fully saturated rings. The number of hydrogen-bond donors (Lipinski definition) is 1. The number of alkyl halides is 5. The smallest absolute Gasteiger partial charge is 0.319 e. The average Bonchev–Trinajstić information content (AvgIpc) is 2.37. The number of carbonyl (C=O) groups is 1. The maximum Gasteiger partial charge on any atom is 0.463 e. The van der Waals surface area contributed by atoms with Gasteiger partial charge in [-0.25, -0.2) is 0 Å². The lowest BCUT2D eigenvalue weighted by Gasteiger charge is -2.19. The summed E-state index contributed by atoms with van der Waals surface area (Å²) >= 11 is 0. The molecule has 1 heterocycles. The van der Waals surface area contributed by atoms with Crippen molar-refractivity contribution >= 4 is 22.5 Å². The van der Waals surface area contributed by atoms with E-state index in [2.05, 4.69) is 4.98 Å². The van der Waals surface area contributed by atoms with Gasteiger partial charge in [-0.2, -0.15) is 22.0 Å². The summed E-state index contributed by atoms with van der Waals surface area (Å²) in [6.07, 6.45) is -4.62. The molecule has 1 aromatic carbocycles. The van der Waals surface area contributed by atoms with Crippen molar-refractivity contribution in [3.05, 3.63) is 36.5 Å². The van der Waals surface area contributed by atoms with Crippen LogP contribution in [-0.4, -0.2) is 23.0 Å². The van der Waals surface area contributed by atoms with E-state index < -0.39 is 18.0 Å². The van der Waals surface area contributed by atoms with Crippen molar-refractivity contribution in [2.75, 3.05) is 5.32 Å². The number of anilines is 1. The van der Waals surface area contributed by atoms with Crippen LogP contribution in [0.3, 0.4) is 0 Å². The number of hydrogen-bond acceptors (Lipinski definition) is 2. The number of rotatable bonds is 2. The monoisotopic (exact) mass is 290 g/mol. The molecule has 0 atom stereocenters. The van der Waals surface area contributed by atoms with Crippen molar-refractivity contribution in [2.45, 2.75) is 12.1 Å². The molecule has 1 aromatic heterocycles. The molecule has 106 valence electrons. The van der Waals surface area contributed by atoms with Crippen molar-refractivity contribution in [3.8, 4) is 0 Å². The molecule has 0 aliphatic carbocycles. The molecule has 0 aliphatic rings. The van der Waals surface area contributed by atoms with Gasteiger partial charge >= 0.3 is 18.0 Å². The van der Waals surface area contributed by atoms with E-state index in [0.29, 0.717) is 5.39 Å². The lowest BCUT2D eigenvalue weighted by molar-refractivity contribution is -0.267. The predicted molar refractivity (Wildman–Crippen MR) is 61.4 cm³/mol. The Morgan fingerprint density at radius 2 is 1.70 bits per heavy atom. The van der Waals surface area contributed by atoms with E-state index in [1.54, 1.807) is 23.5 Å². The van der Waals surface area contributed by atoms with Gasteiger partial charge in [-0.3, -0.25) is 9.78 Å². The summed E-state index contributed by atoms with van der Waals surface area (Å²) in [6.45, 7) is 0. The number of para-hydroxylation sites is 1. The normalized spacial score (nSPS) is 12.4. The van der Waals surface area contributed by atoms with Gasteiger partial charge in [0.05, 0.1) is 11.2 Å².